The highest BCUT2D eigenvalue weighted by Crippen LogP contribution is 2.18. The van der Waals surface area contributed by atoms with E-state index in [1.807, 2.05) is 24.3 Å². The van der Waals surface area contributed by atoms with Crippen molar-refractivity contribution >= 4 is 22.8 Å². The van der Waals surface area contributed by atoms with E-state index >= 15 is 0 Å². The Kier molecular flexibility index (Phi) is 2.16. The maximum absolute atomic E-state index is 12.3. The molecule has 88 valence electrons. The van der Waals surface area contributed by atoms with E-state index in [0.29, 0.717) is 11.1 Å². The van der Waals surface area contributed by atoms with Crippen LogP contribution in [0.5, 0.6) is 0 Å². The second-order valence-corrected chi connectivity index (χ2v) is 4.10. The summed E-state index contributed by atoms with van der Waals surface area (Å²) in [5.74, 6) is -0.603. The van der Waals surface area contributed by atoms with Crippen molar-refractivity contribution in [3.63, 3.8) is 0 Å². The molecule has 0 saturated carbocycles. The van der Waals surface area contributed by atoms with Crippen LogP contribution in [0.2, 0.25) is 0 Å². The fourth-order valence-corrected chi connectivity index (χ4v) is 2.04. The molecule has 0 saturated heterocycles. The molecule has 0 radical (unpaired) electrons. The summed E-state index contributed by atoms with van der Waals surface area (Å²) in [6.45, 7) is 0. The van der Waals surface area contributed by atoms with Crippen LogP contribution in [0, 0.1) is 0 Å². The number of benzene rings is 2. The van der Waals surface area contributed by atoms with E-state index in [4.69, 9.17) is 5.73 Å². The number of primary amides is 1. The molecule has 0 aliphatic rings. The minimum absolute atomic E-state index is 0.106. The molecular weight excluding hydrogens is 228 g/mol. The molecule has 2 heterocycles. The van der Waals surface area contributed by atoms with E-state index < -0.39 is 5.91 Å². The zero-order valence-electron chi connectivity index (χ0n) is 9.46. The summed E-state index contributed by atoms with van der Waals surface area (Å²) in [6, 6.07) is 13.9. The third kappa shape index (κ3) is 1.47. The SMILES string of the molecule is NC(=O)c1ccc(C(=O)n2c3ccc2cc3)cc1. The Morgan fingerprint density at radius 1 is 0.778 bits per heavy atom. The smallest absolute Gasteiger partial charge is 0.262 e. The Labute approximate surface area is 103 Å². The lowest BCUT2D eigenvalue weighted by atomic mass is 10.1. The van der Waals surface area contributed by atoms with Gasteiger partial charge in [0.05, 0.1) is 0 Å². The number of carbonyl (C=O) groups is 2. The summed E-state index contributed by atoms with van der Waals surface area (Å²) in [4.78, 5) is 23.2. The molecule has 0 aliphatic heterocycles. The first-order valence-electron chi connectivity index (χ1n) is 5.51. The fraction of sp³-hybridized carbons (Fsp3) is 0. The quantitative estimate of drug-likeness (QED) is 0.740. The van der Waals surface area contributed by atoms with Gasteiger partial charge >= 0.3 is 0 Å². The number of nitrogens with zero attached hydrogens (tertiary/aromatic N) is 1. The average molecular weight is 238 g/mol. The van der Waals surface area contributed by atoms with E-state index in [2.05, 4.69) is 0 Å². The number of fused-ring (bicyclic) bond motifs is 2. The highest BCUT2D eigenvalue weighted by Gasteiger charge is 2.14. The van der Waals surface area contributed by atoms with Crippen molar-refractivity contribution < 1.29 is 9.59 Å². The number of aromatic nitrogens is 1. The minimum Gasteiger partial charge on any atom is -0.366 e. The van der Waals surface area contributed by atoms with Crippen LogP contribution in [0.3, 0.4) is 0 Å². The third-order valence-corrected chi connectivity index (χ3v) is 2.99. The van der Waals surface area contributed by atoms with Crippen molar-refractivity contribution in [2.75, 3.05) is 0 Å². The van der Waals surface area contributed by atoms with Gasteiger partial charge in [0.25, 0.3) is 5.91 Å². The molecule has 0 spiro atoms. The summed E-state index contributed by atoms with van der Waals surface area (Å²) in [6.07, 6.45) is 0. The Bertz CT molecular complexity index is 677. The first-order chi connectivity index (χ1) is 8.66. The van der Waals surface area contributed by atoms with E-state index in [1.165, 1.54) is 0 Å². The van der Waals surface area contributed by atoms with Crippen LogP contribution in [0.4, 0.5) is 0 Å². The van der Waals surface area contributed by atoms with Gasteiger partial charge in [-0.05, 0) is 48.5 Å². The first kappa shape index (κ1) is 10.5. The molecule has 4 heteroatoms. The molecule has 1 aromatic carbocycles. The first-order valence-corrected chi connectivity index (χ1v) is 5.51. The Balaban J connectivity index is 2.00. The molecule has 0 aliphatic carbocycles. The van der Waals surface area contributed by atoms with Crippen molar-refractivity contribution in [1.29, 1.82) is 0 Å². The Morgan fingerprint density at radius 3 is 1.67 bits per heavy atom. The van der Waals surface area contributed by atoms with E-state index in [-0.39, 0.29) is 5.91 Å². The molecule has 3 rings (SSSR count). The van der Waals surface area contributed by atoms with Crippen molar-refractivity contribution in [2.45, 2.75) is 0 Å². The normalized spacial score (nSPS) is 10.9. The lowest BCUT2D eigenvalue weighted by Gasteiger charge is -2.03. The van der Waals surface area contributed by atoms with Gasteiger partial charge in [-0.25, -0.2) is 0 Å². The van der Waals surface area contributed by atoms with Crippen LogP contribution < -0.4 is 5.73 Å². The van der Waals surface area contributed by atoms with Crippen LogP contribution in [-0.4, -0.2) is 16.4 Å². The number of carbonyl (C=O) groups excluding carboxylic acids is 2. The largest absolute Gasteiger partial charge is 0.366 e. The summed E-state index contributed by atoms with van der Waals surface area (Å²) in [7, 11) is 0. The zero-order valence-corrected chi connectivity index (χ0v) is 9.46. The predicted octanol–water partition coefficient (Wildman–Crippen LogP) is 1.87. The van der Waals surface area contributed by atoms with Crippen molar-refractivity contribution in [2.24, 2.45) is 5.73 Å². The number of amides is 1. The van der Waals surface area contributed by atoms with Gasteiger partial charge in [-0.3, -0.25) is 14.2 Å². The molecular formula is C14H10N2O2. The van der Waals surface area contributed by atoms with Crippen molar-refractivity contribution in [3.05, 3.63) is 59.7 Å². The second-order valence-electron chi connectivity index (χ2n) is 4.10. The number of rotatable bonds is 2. The van der Waals surface area contributed by atoms with Gasteiger partial charge in [0, 0.05) is 22.2 Å². The highest BCUT2D eigenvalue weighted by atomic mass is 16.2. The molecule has 4 nitrogen and oxygen atoms in total. The lowest BCUT2D eigenvalue weighted by Crippen LogP contribution is -2.13. The van der Waals surface area contributed by atoms with Crippen LogP contribution in [0.15, 0.2) is 48.5 Å². The Morgan fingerprint density at radius 2 is 1.22 bits per heavy atom. The molecule has 2 bridgehead atoms. The number of hydrogen-bond acceptors (Lipinski definition) is 2. The molecule has 18 heavy (non-hydrogen) atoms. The van der Waals surface area contributed by atoms with Crippen LogP contribution in [-0.2, 0) is 0 Å². The molecule has 2 N–H and O–H groups in total. The van der Waals surface area contributed by atoms with Gasteiger partial charge < -0.3 is 5.73 Å². The summed E-state index contributed by atoms with van der Waals surface area (Å²) >= 11 is 0. The Hall–Kier alpha value is -2.62. The minimum atomic E-state index is -0.498. The second kappa shape index (κ2) is 3.70. The van der Waals surface area contributed by atoms with E-state index in [9.17, 15) is 9.59 Å². The maximum atomic E-state index is 12.3. The average Bonchev–Trinajstić information content (AvgIpc) is 2.98. The standard InChI is InChI=1S/C14H10N2O2/c15-13(17)9-1-3-10(4-2-9)14(18)16-11-5-6-12(16)8-7-11/h1-8H,(H2,15,17). The molecule has 0 unspecified atom stereocenters. The summed E-state index contributed by atoms with van der Waals surface area (Å²) < 4.78 is 1.64. The molecule has 1 amide bonds. The van der Waals surface area contributed by atoms with Gasteiger partial charge in [0.15, 0.2) is 0 Å². The van der Waals surface area contributed by atoms with Gasteiger partial charge in [-0.15, -0.1) is 0 Å². The molecule has 0 atom stereocenters. The maximum Gasteiger partial charge on any atom is 0.262 e. The lowest BCUT2D eigenvalue weighted by molar-refractivity contribution is 0.0965. The number of hydrogen-bond donors (Lipinski definition) is 1. The van der Waals surface area contributed by atoms with Crippen LogP contribution >= 0.6 is 0 Å². The zero-order chi connectivity index (χ0) is 12.7. The number of nitrogens with two attached hydrogens (primary N) is 1. The fourth-order valence-electron chi connectivity index (χ4n) is 2.04. The predicted molar refractivity (Wildman–Crippen MR) is 67.8 cm³/mol. The monoisotopic (exact) mass is 238 g/mol. The van der Waals surface area contributed by atoms with Crippen molar-refractivity contribution in [1.82, 2.24) is 4.57 Å². The van der Waals surface area contributed by atoms with E-state index in [0.717, 1.165) is 11.0 Å². The van der Waals surface area contributed by atoms with Crippen LogP contribution in [0.25, 0.3) is 11.0 Å². The van der Waals surface area contributed by atoms with Gasteiger partial charge in [0.1, 0.15) is 0 Å². The van der Waals surface area contributed by atoms with Gasteiger partial charge in [-0.1, -0.05) is 0 Å². The topological polar surface area (TPSA) is 65.1 Å². The van der Waals surface area contributed by atoms with Gasteiger partial charge in [-0.2, -0.15) is 0 Å². The van der Waals surface area contributed by atoms with Crippen molar-refractivity contribution in [3.8, 4) is 0 Å². The molecule has 3 aromatic rings. The van der Waals surface area contributed by atoms with E-state index in [1.54, 1.807) is 28.8 Å². The third-order valence-electron chi connectivity index (χ3n) is 2.99. The molecule has 0 fully saturated rings. The summed E-state index contributed by atoms with van der Waals surface area (Å²) in [5.41, 5.74) is 7.82. The van der Waals surface area contributed by atoms with Crippen LogP contribution in [0.1, 0.15) is 20.7 Å². The highest BCUT2D eigenvalue weighted by molar-refractivity contribution is 6.03. The molecule has 2 aromatic heterocycles. The van der Waals surface area contributed by atoms with Gasteiger partial charge in [0.2, 0.25) is 5.91 Å². The summed E-state index contributed by atoms with van der Waals surface area (Å²) in [5, 5.41) is 0.